The second kappa shape index (κ2) is 7.63. The van der Waals surface area contributed by atoms with Crippen molar-refractivity contribution in [2.75, 3.05) is 40.3 Å². The fourth-order valence-corrected chi connectivity index (χ4v) is 2.75. The van der Waals surface area contributed by atoms with Crippen LogP contribution in [0.25, 0.3) is 0 Å². The predicted octanol–water partition coefficient (Wildman–Crippen LogP) is 1.93. The minimum absolute atomic E-state index is 0.950. The van der Waals surface area contributed by atoms with E-state index in [1.54, 1.807) is 0 Å². The van der Waals surface area contributed by atoms with Crippen molar-refractivity contribution in [1.29, 1.82) is 0 Å². The van der Waals surface area contributed by atoms with Crippen LogP contribution in [-0.2, 0) is 13.1 Å². The summed E-state index contributed by atoms with van der Waals surface area (Å²) in [6.45, 7) is 6.97. The fraction of sp³-hybridized carbons (Fsp3) is 0.625. The van der Waals surface area contributed by atoms with Crippen LogP contribution in [0, 0.1) is 0 Å². The Morgan fingerprint density at radius 3 is 2.68 bits per heavy atom. The molecule has 0 spiro atoms. The standard InChI is InChI=1S/C16H27N3/c1-17-13-15-6-5-7-16(12-15)14-18(2)10-11-19-8-3-4-9-19/h5-7,12,17H,3-4,8-11,13-14H2,1-2H3. The Morgan fingerprint density at radius 2 is 1.95 bits per heavy atom. The zero-order chi connectivity index (χ0) is 13.5. The van der Waals surface area contributed by atoms with Gasteiger partial charge in [-0.05, 0) is 51.2 Å². The maximum atomic E-state index is 3.21. The summed E-state index contributed by atoms with van der Waals surface area (Å²) in [7, 11) is 4.22. The van der Waals surface area contributed by atoms with Gasteiger partial charge in [-0.3, -0.25) is 0 Å². The average Bonchev–Trinajstić information content (AvgIpc) is 2.90. The minimum Gasteiger partial charge on any atom is -0.316 e. The molecule has 1 heterocycles. The lowest BCUT2D eigenvalue weighted by Gasteiger charge is -2.21. The summed E-state index contributed by atoms with van der Waals surface area (Å²) in [5, 5.41) is 3.21. The van der Waals surface area contributed by atoms with Crippen molar-refractivity contribution < 1.29 is 0 Å². The first-order chi connectivity index (χ1) is 9.28. The molecule has 1 aromatic carbocycles. The van der Waals surface area contributed by atoms with Gasteiger partial charge in [0, 0.05) is 26.2 Å². The molecule has 1 aromatic rings. The maximum absolute atomic E-state index is 3.21. The van der Waals surface area contributed by atoms with E-state index in [-0.39, 0.29) is 0 Å². The molecule has 0 aliphatic carbocycles. The predicted molar refractivity (Wildman–Crippen MR) is 81.2 cm³/mol. The lowest BCUT2D eigenvalue weighted by Crippen LogP contribution is -2.31. The smallest absolute Gasteiger partial charge is 0.0231 e. The zero-order valence-electron chi connectivity index (χ0n) is 12.4. The molecule has 0 bridgehead atoms. The lowest BCUT2D eigenvalue weighted by atomic mass is 10.1. The van der Waals surface area contributed by atoms with Gasteiger partial charge in [0.2, 0.25) is 0 Å². The highest BCUT2D eigenvalue weighted by molar-refractivity contribution is 5.23. The van der Waals surface area contributed by atoms with Crippen molar-refractivity contribution in [2.24, 2.45) is 0 Å². The Balaban J connectivity index is 1.77. The van der Waals surface area contributed by atoms with Gasteiger partial charge in [-0.15, -0.1) is 0 Å². The van der Waals surface area contributed by atoms with E-state index >= 15 is 0 Å². The van der Waals surface area contributed by atoms with E-state index in [0.717, 1.165) is 19.6 Å². The second-order valence-electron chi connectivity index (χ2n) is 5.64. The van der Waals surface area contributed by atoms with Gasteiger partial charge in [-0.2, -0.15) is 0 Å². The van der Waals surface area contributed by atoms with Gasteiger partial charge in [-0.25, -0.2) is 0 Å². The van der Waals surface area contributed by atoms with Crippen LogP contribution in [0.5, 0.6) is 0 Å². The first-order valence-electron chi connectivity index (χ1n) is 7.41. The van der Waals surface area contributed by atoms with Crippen molar-refractivity contribution in [3.63, 3.8) is 0 Å². The van der Waals surface area contributed by atoms with E-state index in [4.69, 9.17) is 0 Å². The quantitative estimate of drug-likeness (QED) is 0.809. The van der Waals surface area contributed by atoms with Gasteiger partial charge < -0.3 is 15.1 Å². The van der Waals surface area contributed by atoms with Gasteiger partial charge in [0.15, 0.2) is 0 Å². The van der Waals surface area contributed by atoms with Crippen LogP contribution >= 0.6 is 0 Å². The molecular formula is C16H27N3. The molecule has 19 heavy (non-hydrogen) atoms. The Bertz CT molecular complexity index is 372. The van der Waals surface area contributed by atoms with Gasteiger partial charge in [0.05, 0.1) is 0 Å². The number of hydrogen-bond donors (Lipinski definition) is 1. The molecule has 3 heteroatoms. The summed E-state index contributed by atoms with van der Waals surface area (Å²) in [6.07, 6.45) is 2.77. The third-order valence-corrected chi connectivity index (χ3v) is 3.82. The molecule has 106 valence electrons. The molecule has 1 aliphatic heterocycles. The van der Waals surface area contributed by atoms with Gasteiger partial charge >= 0.3 is 0 Å². The topological polar surface area (TPSA) is 18.5 Å². The lowest BCUT2D eigenvalue weighted by molar-refractivity contribution is 0.252. The van der Waals surface area contributed by atoms with Crippen molar-refractivity contribution in [1.82, 2.24) is 15.1 Å². The summed E-state index contributed by atoms with van der Waals surface area (Å²) in [5.74, 6) is 0. The molecule has 0 aromatic heterocycles. The molecule has 2 rings (SSSR count). The molecule has 0 saturated carbocycles. The van der Waals surface area contributed by atoms with Crippen LogP contribution in [0.2, 0.25) is 0 Å². The highest BCUT2D eigenvalue weighted by Crippen LogP contribution is 2.09. The monoisotopic (exact) mass is 261 g/mol. The van der Waals surface area contributed by atoms with Crippen LogP contribution in [0.1, 0.15) is 24.0 Å². The van der Waals surface area contributed by atoms with Gasteiger partial charge in [-0.1, -0.05) is 24.3 Å². The first kappa shape index (κ1) is 14.5. The van der Waals surface area contributed by atoms with Gasteiger partial charge in [0.25, 0.3) is 0 Å². The molecular weight excluding hydrogens is 234 g/mol. The normalized spacial score (nSPS) is 16.4. The largest absolute Gasteiger partial charge is 0.316 e. The van der Waals surface area contributed by atoms with Crippen LogP contribution in [0.4, 0.5) is 0 Å². The van der Waals surface area contributed by atoms with Crippen LogP contribution in [-0.4, -0.2) is 50.1 Å². The number of likely N-dealkylation sites (tertiary alicyclic amines) is 1. The number of benzene rings is 1. The minimum atomic E-state index is 0.950. The average molecular weight is 261 g/mol. The van der Waals surface area contributed by atoms with Crippen LogP contribution in [0.15, 0.2) is 24.3 Å². The number of nitrogens with zero attached hydrogens (tertiary/aromatic N) is 2. The highest BCUT2D eigenvalue weighted by Gasteiger charge is 2.11. The van der Waals surface area contributed by atoms with E-state index in [1.165, 1.54) is 43.6 Å². The molecule has 1 aliphatic rings. The number of rotatable bonds is 7. The Kier molecular flexibility index (Phi) is 5.83. The Hall–Kier alpha value is -0.900. The second-order valence-corrected chi connectivity index (χ2v) is 5.64. The fourth-order valence-electron chi connectivity index (χ4n) is 2.75. The van der Waals surface area contributed by atoms with E-state index in [9.17, 15) is 0 Å². The van der Waals surface area contributed by atoms with Crippen molar-refractivity contribution in [2.45, 2.75) is 25.9 Å². The molecule has 1 fully saturated rings. The van der Waals surface area contributed by atoms with Crippen molar-refractivity contribution >= 4 is 0 Å². The molecule has 0 radical (unpaired) electrons. The highest BCUT2D eigenvalue weighted by atomic mass is 15.2. The summed E-state index contributed by atoms with van der Waals surface area (Å²) < 4.78 is 0. The molecule has 0 unspecified atom stereocenters. The van der Waals surface area contributed by atoms with Crippen molar-refractivity contribution in [3.05, 3.63) is 35.4 Å². The zero-order valence-corrected chi connectivity index (χ0v) is 12.4. The van der Waals surface area contributed by atoms with E-state index in [2.05, 4.69) is 46.4 Å². The molecule has 1 saturated heterocycles. The third-order valence-electron chi connectivity index (χ3n) is 3.82. The Labute approximate surface area is 117 Å². The van der Waals surface area contributed by atoms with E-state index < -0.39 is 0 Å². The number of hydrogen-bond acceptors (Lipinski definition) is 3. The number of likely N-dealkylation sites (N-methyl/N-ethyl adjacent to an activating group) is 1. The SMILES string of the molecule is CNCc1cccc(CN(C)CCN2CCCC2)c1. The third kappa shape index (κ3) is 4.94. The summed E-state index contributed by atoms with van der Waals surface area (Å²) in [4.78, 5) is 5.00. The summed E-state index contributed by atoms with van der Waals surface area (Å²) >= 11 is 0. The maximum Gasteiger partial charge on any atom is 0.0231 e. The molecule has 1 N–H and O–H groups in total. The van der Waals surface area contributed by atoms with E-state index in [0.29, 0.717) is 0 Å². The van der Waals surface area contributed by atoms with Crippen molar-refractivity contribution in [3.8, 4) is 0 Å². The van der Waals surface area contributed by atoms with Gasteiger partial charge in [0.1, 0.15) is 0 Å². The van der Waals surface area contributed by atoms with Crippen LogP contribution < -0.4 is 5.32 Å². The summed E-state index contributed by atoms with van der Waals surface area (Å²) in [5.41, 5.74) is 2.78. The molecule has 3 nitrogen and oxygen atoms in total. The van der Waals surface area contributed by atoms with Crippen LogP contribution in [0.3, 0.4) is 0 Å². The Morgan fingerprint density at radius 1 is 1.21 bits per heavy atom. The number of nitrogens with one attached hydrogen (secondary N) is 1. The first-order valence-corrected chi connectivity index (χ1v) is 7.41. The molecule has 0 amide bonds. The molecule has 0 atom stereocenters. The summed E-state index contributed by atoms with van der Waals surface area (Å²) in [6, 6.07) is 8.88. The van der Waals surface area contributed by atoms with E-state index in [1.807, 2.05) is 7.05 Å².